The maximum Gasteiger partial charge on any atom is 0.225 e. The zero-order valence-corrected chi connectivity index (χ0v) is 17.0. The topological polar surface area (TPSA) is 65.1 Å². The van der Waals surface area contributed by atoms with Gasteiger partial charge in [-0.15, -0.1) is 0 Å². The largest absolute Gasteiger partial charge is 0.357 e. The molecule has 150 valence electrons. The molecule has 4 heterocycles. The number of pyridine rings is 1. The van der Waals surface area contributed by atoms with Crippen molar-refractivity contribution in [2.45, 2.75) is 25.7 Å². The van der Waals surface area contributed by atoms with Crippen LogP contribution in [0.2, 0.25) is 5.02 Å². The molecule has 0 aliphatic carbocycles. The summed E-state index contributed by atoms with van der Waals surface area (Å²) < 4.78 is 0. The summed E-state index contributed by atoms with van der Waals surface area (Å²) in [5, 5.41) is 0.576. The van der Waals surface area contributed by atoms with E-state index in [0.29, 0.717) is 10.9 Å². The molecule has 0 bridgehead atoms. The third kappa shape index (κ3) is 3.57. The molecule has 3 aromatic rings. The zero-order chi connectivity index (χ0) is 19.8. The molecule has 1 aromatic carbocycles. The van der Waals surface area contributed by atoms with Crippen molar-refractivity contribution in [1.82, 2.24) is 19.9 Å². The smallest absolute Gasteiger partial charge is 0.225 e. The number of likely N-dealkylation sites (tertiary alicyclic amines) is 1. The van der Waals surface area contributed by atoms with Crippen molar-refractivity contribution in [3.05, 3.63) is 41.6 Å². The second kappa shape index (κ2) is 7.67. The van der Waals surface area contributed by atoms with Gasteiger partial charge in [-0.25, -0.2) is 9.97 Å². The Labute approximate surface area is 174 Å². The first-order chi connectivity index (χ1) is 14.2. The number of rotatable bonds is 3. The van der Waals surface area contributed by atoms with E-state index < -0.39 is 0 Å². The Morgan fingerprint density at radius 3 is 2.62 bits per heavy atom. The van der Waals surface area contributed by atoms with Crippen LogP contribution in [0.1, 0.15) is 25.7 Å². The van der Waals surface area contributed by atoms with E-state index in [9.17, 15) is 4.79 Å². The number of hydrogen-bond acceptors (Lipinski definition) is 4. The highest BCUT2D eigenvalue weighted by molar-refractivity contribution is 6.33. The van der Waals surface area contributed by atoms with Gasteiger partial charge in [-0.3, -0.25) is 4.79 Å². The van der Waals surface area contributed by atoms with Gasteiger partial charge in [0, 0.05) is 43.9 Å². The van der Waals surface area contributed by atoms with E-state index in [2.05, 4.69) is 19.9 Å². The van der Waals surface area contributed by atoms with E-state index in [1.165, 1.54) is 0 Å². The number of aromatic nitrogens is 3. The van der Waals surface area contributed by atoms with Crippen LogP contribution in [0.15, 0.2) is 36.5 Å². The lowest BCUT2D eigenvalue weighted by atomic mass is 9.95. The van der Waals surface area contributed by atoms with Crippen LogP contribution in [-0.4, -0.2) is 51.9 Å². The van der Waals surface area contributed by atoms with E-state index in [1.807, 2.05) is 35.2 Å². The van der Waals surface area contributed by atoms with Crippen LogP contribution in [-0.2, 0) is 4.79 Å². The molecule has 6 nitrogen and oxygen atoms in total. The number of benzene rings is 1. The van der Waals surface area contributed by atoms with Gasteiger partial charge < -0.3 is 14.8 Å². The number of hydrogen-bond donors (Lipinski definition) is 1. The molecular weight excluding hydrogens is 386 g/mol. The van der Waals surface area contributed by atoms with Gasteiger partial charge >= 0.3 is 0 Å². The maximum absolute atomic E-state index is 12.7. The number of imidazole rings is 1. The molecule has 2 fully saturated rings. The number of fused-ring (bicyclic) bond motifs is 1. The number of amides is 1. The Bertz CT molecular complexity index is 1000. The minimum absolute atomic E-state index is 0.145. The highest BCUT2D eigenvalue weighted by atomic mass is 35.5. The van der Waals surface area contributed by atoms with Crippen LogP contribution in [0.25, 0.3) is 22.4 Å². The highest BCUT2D eigenvalue weighted by Crippen LogP contribution is 2.32. The van der Waals surface area contributed by atoms with E-state index in [0.717, 1.165) is 80.1 Å². The fourth-order valence-electron chi connectivity index (χ4n) is 4.41. The predicted octanol–water partition coefficient (Wildman–Crippen LogP) is 4.12. The lowest BCUT2D eigenvalue weighted by Gasteiger charge is -2.34. The summed E-state index contributed by atoms with van der Waals surface area (Å²) in [6.07, 6.45) is 5.73. The van der Waals surface area contributed by atoms with Crippen LogP contribution in [0, 0.1) is 5.92 Å². The lowest BCUT2D eigenvalue weighted by molar-refractivity contribution is -0.135. The monoisotopic (exact) mass is 409 g/mol. The van der Waals surface area contributed by atoms with Crippen LogP contribution in [0.3, 0.4) is 0 Å². The second-order valence-corrected chi connectivity index (χ2v) is 8.33. The molecular formula is C22H24ClN5O. The minimum atomic E-state index is 0.145. The van der Waals surface area contributed by atoms with Crippen LogP contribution in [0.4, 0.5) is 5.82 Å². The van der Waals surface area contributed by atoms with Gasteiger partial charge in [0.25, 0.3) is 0 Å². The lowest BCUT2D eigenvalue weighted by Crippen LogP contribution is -2.41. The van der Waals surface area contributed by atoms with E-state index in [-0.39, 0.29) is 5.92 Å². The van der Waals surface area contributed by atoms with Gasteiger partial charge in [0.15, 0.2) is 0 Å². The minimum Gasteiger partial charge on any atom is -0.357 e. The summed E-state index contributed by atoms with van der Waals surface area (Å²) in [4.78, 5) is 29.5. The van der Waals surface area contributed by atoms with Gasteiger partial charge in [-0.1, -0.05) is 23.7 Å². The maximum atomic E-state index is 12.7. The molecule has 0 atom stereocenters. The first kappa shape index (κ1) is 18.4. The third-order valence-corrected chi connectivity index (χ3v) is 6.37. The molecule has 7 heteroatoms. The fraction of sp³-hybridized carbons (Fsp3) is 0.409. The van der Waals surface area contributed by atoms with Crippen molar-refractivity contribution in [2.24, 2.45) is 5.92 Å². The third-order valence-electron chi connectivity index (χ3n) is 6.07. The molecule has 1 amide bonds. The van der Waals surface area contributed by atoms with Gasteiger partial charge in [-0.05, 0) is 43.9 Å². The summed E-state index contributed by atoms with van der Waals surface area (Å²) in [6, 6.07) is 9.94. The summed E-state index contributed by atoms with van der Waals surface area (Å²) in [7, 11) is 0. The van der Waals surface area contributed by atoms with Crippen molar-refractivity contribution in [1.29, 1.82) is 0 Å². The zero-order valence-electron chi connectivity index (χ0n) is 16.3. The van der Waals surface area contributed by atoms with Crippen molar-refractivity contribution in [3.63, 3.8) is 0 Å². The average molecular weight is 410 g/mol. The van der Waals surface area contributed by atoms with Crippen LogP contribution in [0.5, 0.6) is 0 Å². The molecule has 2 aromatic heterocycles. The quantitative estimate of drug-likeness (QED) is 0.706. The summed E-state index contributed by atoms with van der Waals surface area (Å²) >= 11 is 6.44. The highest BCUT2D eigenvalue weighted by Gasteiger charge is 2.30. The number of para-hydroxylation sites is 2. The van der Waals surface area contributed by atoms with Crippen molar-refractivity contribution in [2.75, 3.05) is 31.1 Å². The molecule has 0 spiro atoms. The Kier molecular flexibility index (Phi) is 4.87. The van der Waals surface area contributed by atoms with Crippen molar-refractivity contribution >= 4 is 34.4 Å². The standard InChI is InChI=1S/C22H24ClN5O/c23-17-14-24-20(13-16(17)21-25-18-5-1-2-6-19(18)26-21)27-11-7-15(8-12-27)22(29)28-9-3-4-10-28/h1-2,5-6,13-15H,3-4,7-12H2,(H,25,26). The molecule has 0 unspecified atom stereocenters. The van der Waals surface area contributed by atoms with E-state index >= 15 is 0 Å². The van der Waals surface area contributed by atoms with E-state index in [4.69, 9.17) is 11.6 Å². The molecule has 2 aliphatic rings. The van der Waals surface area contributed by atoms with Crippen LogP contribution >= 0.6 is 11.6 Å². The summed E-state index contributed by atoms with van der Waals surface area (Å²) in [5.74, 6) is 2.12. The number of nitrogens with zero attached hydrogens (tertiary/aromatic N) is 4. The number of anilines is 1. The molecule has 0 saturated carbocycles. The Morgan fingerprint density at radius 2 is 1.86 bits per heavy atom. The Morgan fingerprint density at radius 1 is 1.10 bits per heavy atom. The second-order valence-electron chi connectivity index (χ2n) is 7.92. The van der Waals surface area contributed by atoms with Crippen molar-refractivity contribution in [3.8, 4) is 11.4 Å². The first-order valence-electron chi connectivity index (χ1n) is 10.3. The average Bonchev–Trinajstić information content (AvgIpc) is 3.44. The number of halogens is 1. The van der Waals surface area contributed by atoms with Gasteiger partial charge in [0.05, 0.1) is 16.1 Å². The molecule has 2 aliphatic heterocycles. The molecule has 1 N–H and O–H groups in total. The normalized spacial score (nSPS) is 18.0. The number of carbonyl (C=O) groups excluding carboxylic acids is 1. The number of nitrogens with one attached hydrogen (secondary N) is 1. The summed E-state index contributed by atoms with van der Waals surface area (Å²) in [5.41, 5.74) is 2.75. The summed E-state index contributed by atoms with van der Waals surface area (Å²) in [6.45, 7) is 3.52. The van der Waals surface area contributed by atoms with Gasteiger partial charge in [0.2, 0.25) is 5.91 Å². The SMILES string of the molecule is O=C(C1CCN(c2cc(-c3nc4ccccc4[nH]3)c(Cl)cn2)CC1)N1CCCC1. The Balaban J connectivity index is 1.33. The molecule has 29 heavy (non-hydrogen) atoms. The van der Waals surface area contributed by atoms with Crippen molar-refractivity contribution < 1.29 is 4.79 Å². The van der Waals surface area contributed by atoms with Crippen LogP contribution < -0.4 is 4.90 Å². The predicted molar refractivity (Wildman–Crippen MR) is 115 cm³/mol. The Hall–Kier alpha value is -2.60. The molecule has 2 saturated heterocycles. The number of H-pyrrole nitrogens is 1. The van der Waals surface area contributed by atoms with Gasteiger partial charge in [0.1, 0.15) is 11.6 Å². The number of aromatic amines is 1. The van der Waals surface area contributed by atoms with E-state index in [1.54, 1.807) is 6.20 Å². The number of piperidine rings is 1. The van der Waals surface area contributed by atoms with Gasteiger partial charge in [-0.2, -0.15) is 0 Å². The number of carbonyl (C=O) groups is 1. The molecule has 0 radical (unpaired) electrons. The first-order valence-corrected chi connectivity index (χ1v) is 10.7. The fourth-order valence-corrected chi connectivity index (χ4v) is 4.61. The molecule has 5 rings (SSSR count).